The molecule has 0 radical (unpaired) electrons. The van der Waals surface area contributed by atoms with Crippen LogP contribution in [0.5, 0.6) is 0 Å². The molecule has 7 nitrogen and oxygen atoms in total. The second-order valence-electron chi connectivity index (χ2n) is 6.47. The summed E-state index contributed by atoms with van der Waals surface area (Å²) in [5.74, 6) is 0. The van der Waals surface area contributed by atoms with Crippen LogP contribution in [0.2, 0.25) is 5.02 Å². The molecular formula is C16H17ClF3IN5O2P. The topological polar surface area (TPSA) is 63.4 Å². The highest BCUT2D eigenvalue weighted by Crippen LogP contribution is 2.26. The van der Waals surface area contributed by atoms with Crippen molar-refractivity contribution in [3.05, 3.63) is 55.8 Å². The lowest BCUT2D eigenvalue weighted by molar-refractivity contribution is -0.141. The maximum Gasteiger partial charge on any atom is 0.406 e. The number of hydrogen-bond donors (Lipinski definition) is 0. The van der Waals surface area contributed by atoms with E-state index in [1.807, 2.05) is 31.8 Å². The van der Waals surface area contributed by atoms with E-state index in [0.717, 1.165) is 10.6 Å². The minimum absolute atomic E-state index is 0.111. The second kappa shape index (κ2) is 9.32. The molecule has 0 aliphatic carbocycles. The van der Waals surface area contributed by atoms with Crippen molar-refractivity contribution in [3.63, 3.8) is 0 Å². The Morgan fingerprint density at radius 1 is 1.17 bits per heavy atom. The molecule has 1 aliphatic rings. The van der Waals surface area contributed by atoms with Crippen LogP contribution in [0.1, 0.15) is 5.69 Å². The van der Waals surface area contributed by atoms with Gasteiger partial charge in [0.25, 0.3) is 11.1 Å². The molecule has 0 N–H and O–H groups in total. The molecule has 1 atom stereocenters. The van der Waals surface area contributed by atoms with E-state index >= 15 is 0 Å². The van der Waals surface area contributed by atoms with Crippen LogP contribution in [-0.2, 0) is 13.1 Å². The summed E-state index contributed by atoms with van der Waals surface area (Å²) in [6.45, 7) is 1.08. The van der Waals surface area contributed by atoms with Gasteiger partial charge in [-0.25, -0.2) is 4.45 Å². The number of aromatic nitrogens is 3. The lowest BCUT2D eigenvalue weighted by atomic mass is 10.2. The van der Waals surface area contributed by atoms with Gasteiger partial charge in [0.05, 0.1) is 18.3 Å². The number of hydrogen-bond acceptors (Lipinski definition) is 5. The van der Waals surface area contributed by atoms with E-state index in [1.165, 1.54) is 16.6 Å². The molecule has 0 aromatic carbocycles. The molecule has 3 heterocycles. The average molecular weight is 562 g/mol. The van der Waals surface area contributed by atoms with E-state index in [9.17, 15) is 22.8 Å². The average Bonchev–Trinajstić information content (AvgIpc) is 2.67. The van der Waals surface area contributed by atoms with Crippen LogP contribution in [0.15, 0.2) is 34.0 Å². The van der Waals surface area contributed by atoms with Crippen LogP contribution >= 0.6 is 40.0 Å². The smallest absolute Gasteiger partial charge is 0.366 e. The number of alkyl halides is 3. The Hall–Kier alpha value is -1.17. The molecule has 1 aliphatic heterocycles. The Bertz CT molecular complexity index is 992. The first-order valence-electron chi connectivity index (χ1n) is 8.57. The maximum atomic E-state index is 12.8. The van der Waals surface area contributed by atoms with Crippen molar-refractivity contribution >= 4 is 45.7 Å². The van der Waals surface area contributed by atoms with Gasteiger partial charge >= 0.3 is 6.18 Å². The van der Waals surface area contributed by atoms with Crippen LogP contribution in [0.25, 0.3) is 0 Å². The molecule has 1 unspecified atom stereocenters. The molecule has 0 bridgehead atoms. The fraction of sp³-hybridized carbons (Fsp3) is 0.438. The van der Waals surface area contributed by atoms with Gasteiger partial charge in [0, 0.05) is 44.5 Å². The van der Waals surface area contributed by atoms with Crippen molar-refractivity contribution in [2.24, 2.45) is 0 Å². The van der Waals surface area contributed by atoms with Crippen LogP contribution in [0, 0.1) is 0 Å². The van der Waals surface area contributed by atoms with Crippen molar-refractivity contribution < 1.29 is 13.2 Å². The van der Waals surface area contributed by atoms with Crippen molar-refractivity contribution in [2.45, 2.75) is 19.3 Å². The number of pyridine rings is 1. The predicted octanol–water partition coefficient (Wildman–Crippen LogP) is 2.73. The van der Waals surface area contributed by atoms with Crippen LogP contribution in [0.4, 0.5) is 18.9 Å². The van der Waals surface area contributed by atoms with Gasteiger partial charge in [0.1, 0.15) is 11.6 Å². The summed E-state index contributed by atoms with van der Waals surface area (Å²) in [4.78, 5) is 28.0. The van der Waals surface area contributed by atoms with E-state index < -0.39 is 18.3 Å². The fourth-order valence-corrected chi connectivity index (χ4v) is 4.78. The molecule has 2 aromatic rings. The lowest BCUT2D eigenvalue weighted by Gasteiger charge is -2.36. The summed E-state index contributed by atoms with van der Waals surface area (Å²) < 4.78 is 40.5. The van der Waals surface area contributed by atoms with E-state index in [1.54, 1.807) is 6.20 Å². The summed E-state index contributed by atoms with van der Waals surface area (Å²) in [5, 5.41) is 4.21. The Balaban J connectivity index is 1.70. The number of halogens is 5. The first kappa shape index (κ1) is 22.5. The molecule has 3 rings (SSSR count). The molecule has 0 amide bonds. The first-order chi connectivity index (χ1) is 13.7. The third-order valence-corrected chi connectivity index (χ3v) is 6.76. The van der Waals surface area contributed by atoms with Gasteiger partial charge in [-0.1, -0.05) is 17.7 Å². The second-order valence-corrected chi connectivity index (χ2v) is 8.88. The minimum Gasteiger partial charge on any atom is -0.366 e. The summed E-state index contributed by atoms with van der Waals surface area (Å²) in [5.41, 5.74) is -0.155. The zero-order valence-electron chi connectivity index (χ0n) is 15.0. The molecule has 158 valence electrons. The van der Waals surface area contributed by atoms with Gasteiger partial charge in [0.2, 0.25) is 0 Å². The van der Waals surface area contributed by atoms with Gasteiger partial charge in [0.15, 0.2) is 0 Å². The summed E-state index contributed by atoms with van der Waals surface area (Å²) in [6.07, 6.45) is -2.76. The van der Waals surface area contributed by atoms with Crippen molar-refractivity contribution in [3.8, 4) is 0 Å². The van der Waals surface area contributed by atoms with Crippen LogP contribution < -0.4 is 16.0 Å². The van der Waals surface area contributed by atoms with Gasteiger partial charge in [-0.15, -0.1) is 0 Å². The number of rotatable bonds is 5. The largest absolute Gasteiger partial charge is 0.406 e. The van der Waals surface area contributed by atoms with E-state index in [4.69, 9.17) is 11.6 Å². The Morgan fingerprint density at radius 2 is 1.86 bits per heavy atom. The molecule has 29 heavy (non-hydrogen) atoms. The van der Waals surface area contributed by atoms with Crippen LogP contribution in [-0.4, -0.2) is 51.4 Å². The Kier molecular flexibility index (Phi) is 7.23. The standard InChI is InChI=1S/C16H17ClF3IN5O2P/c17-14-12(8-22-26(29-21)15(14)28)24-6-4-23(5-7-24)9-11-2-1-3-13(27)25(11)10-16(18,19)20/h1-3,8,29H,4-7,9-10H2. The Morgan fingerprint density at radius 3 is 2.48 bits per heavy atom. The zero-order chi connectivity index (χ0) is 21.2. The third-order valence-electron chi connectivity index (χ3n) is 4.56. The summed E-state index contributed by atoms with van der Waals surface area (Å²) >= 11 is 8.25. The highest BCUT2D eigenvalue weighted by molar-refractivity contribution is 14.2. The first-order valence-corrected chi connectivity index (χ1v) is 13.0. The van der Waals surface area contributed by atoms with Crippen molar-refractivity contribution in [1.82, 2.24) is 19.0 Å². The van der Waals surface area contributed by atoms with E-state index in [2.05, 4.69) is 5.10 Å². The number of anilines is 1. The zero-order valence-corrected chi connectivity index (χ0v) is 18.9. The monoisotopic (exact) mass is 561 g/mol. The molecule has 0 saturated carbocycles. The maximum absolute atomic E-state index is 12.8. The highest BCUT2D eigenvalue weighted by atomic mass is 127. The number of piperazine rings is 1. The quantitative estimate of drug-likeness (QED) is 0.415. The highest BCUT2D eigenvalue weighted by Gasteiger charge is 2.30. The van der Waals surface area contributed by atoms with Crippen molar-refractivity contribution in [2.75, 3.05) is 31.1 Å². The minimum atomic E-state index is -4.47. The Labute approximate surface area is 183 Å². The molecule has 0 spiro atoms. The SMILES string of the molecule is O=c1c(Cl)c(N2CCN(Cc3cccc(=O)n3CC(F)(F)F)CC2)cnn1PI. The van der Waals surface area contributed by atoms with Crippen LogP contribution in [0.3, 0.4) is 0 Å². The predicted molar refractivity (Wildman–Crippen MR) is 115 cm³/mol. The summed E-state index contributed by atoms with van der Waals surface area (Å²) in [7, 11) is 0. The number of nitrogens with zero attached hydrogens (tertiary/aromatic N) is 5. The molecule has 1 fully saturated rings. The van der Waals surface area contributed by atoms with Crippen molar-refractivity contribution in [1.29, 1.82) is 0 Å². The normalized spacial score (nSPS) is 16.1. The molecule has 13 heteroatoms. The third kappa shape index (κ3) is 5.50. The van der Waals surface area contributed by atoms with Gasteiger partial charge < -0.3 is 9.47 Å². The summed E-state index contributed by atoms with van der Waals surface area (Å²) in [6, 6.07) is 4.13. The van der Waals surface area contributed by atoms with Gasteiger partial charge in [-0.2, -0.15) is 18.3 Å². The lowest BCUT2D eigenvalue weighted by Crippen LogP contribution is -2.47. The van der Waals surface area contributed by atoms with Gasteiger partial charge in [-0.3, -0.25) is 14.5 Å². The molecular weight excluding hydrogens is 545 g/mol. The van der Waals surface area contributed by atoms with Gasteiger partial charge in [-0.05, 0) is 28.1 Å². The van der Waals surface area contributed by atoms with E-state index in [0.29, 0.717) is 37.6 Å². The molecule has 2 aromatic heterocycles. The molecule has 1 saturated heterocycles. The van der Waals surface area contributed by atoms with E-state index in [-0.39, 0.29) is 23.5 Å². The fourth-order valence-electron chi connectivity index (χ4n) is 3.14.